The first-order valence-corrected chi connectivity index (χ1v) is 4.94. The minimum atomic E-state index is -0.146. The zero-order chi connectivity index (χ0) is 11.5. The highest BCUT2D eigenvalue weighted by Crippen LogP contribution is 2.33. The number of aromatic hydroxyl groups is 3. The maximum Gasteiger partial charge on any atom is 0.126 e. The smallest absolute Gasteiger partial charge is 0.126 e. The van der Waals surface area contributed by atoms with Gasteiger partial charge in [0.1, 0.15) is 17.2 Å². The molecule has 2 aromatic carbocycles. The van der Waals surface area contributed by atoms with Crippen molar-refractivity contribution in [2.24, 2.45) is 0 Å². The Labute approximate surface area is 93.2 Å². The van der Waals surface area contributed by atoms with Crippen LogP contribution in [0.3, 0.4) is 0 Å². The Kier molecular flexibility index (Phi) is 2.68. The molecule has 0 bridgehead atoms. The van der Waals surface area contributed by atoms with Crippen molar-refractivity contribution >= 4 is 0 Å². The fourth-order valence-corrected chi connectivity index (χ4v) is 1.61. The van der Waals surface area contributed by atoms with E-state index in [1.807, 2.05) is 30.3 Å². The van der Waals surface area contributed by atoms with E-state index in [2.05, 4.69) is 0 Å². The van der Waals surface area contributed by atoms with E-state index in [9.17, 15) is 10.2 Å². The van der Waals surface area contributed by atoms with Crippen molar-refractivity contribution in [3.05, 3.63) is 53.6 Å². The average molecular weight is 216 g/mol. The molecule has 2 rings (SSSR count). The number of phenols is 3. The lowest BCUT2D eigenvalue weighted by molar-refractivity contribution is 0.420. The number of benzene rings is 2. The highest BCUT2D eigenvalue weighted by atomic mass is 16.3. The Morgan fingerprint density at radius 2 is 1.38 bits per heavy atom. The first-order valence-electron chi connectivity index (χ1n) is 4.94. The van der Waals surface area contributed by atoms with Crippen LogP contribution in [0.1, 0.15) is 11.1 Å². The van der Waals surface area contributed by atoms with Crippen LogP contribution in [0.4, 0.5) is 0 Å². The maximum atomic E-state index is 9.61. The third-order valence-electron chi connectivity index (χ3n) is 2.41. The summed E-state index contributed by atoms with van der Waals surface area (Å²) < 4.78 is 0. The van der Waals surface area contributed by atoms with Gasteiger partial charge in [0.05, 0.1) is 0 Å². The number of phenolic OH excluding ortho intramolecular Hbond substituents is 3. The Hall–Kier alpha value is -2.16. The van der Waals surface area contributed by atoms with E-state index in [0.717, 1.165) is 5.56 Å². The van der Waals surface area contributed by atoms with Gasteiger partial charge < -0.3 is 15.3 Å². The Bertz CT molecular complexity index is 469. The lowest BCUT2D eigenvalue weighted by Gasteiger charge is -2.07. The zero-order valence-corrected chi connectivity index (χ0v) is 8.59. The topological polar surface area (TPSA) is 60.7 Å². The largest absolute Gasteiger partial charge is 0.508 e. The molecule has 0 amide bonds. The standard InChI is InChI=1S/C13H12O3/c14-10-7-12(15)11(13(16)8-10)6-9-4-2-1-3-5-9/h1-5,7-8,14-16H,6H2. The molecular weight excluding hydrogens is 204 g/mol. The third kappa shape index (κ3) is 2.08. The highest BCUT2D eigenvalue weighted by molar-refractivity contribution is 5.50. The summed E-state index contributed by atoms with van der Waals surface area (Å²) in [5, 5.41) is 28.4. The molecule has 0 atom stereocenters. The molecule has 0 spiro atoms. The molecule has 0 radical (unpaired) electrons. The summed E-state index contributed by atoms with van der Waals surface area (Å²) >= 11 is 0. The van der Waals surface area contributed by atoms with Gasteiger partial charge in [0.25, 0.3) is 0 Å². The Morgan fingerprint density at radius 3 is 1.94 bits per heavy atom. The first-order chi connectivity index (χ1) is 7.66. The van der Waals surface area contributed by atoms with Gasteiger partial charge in [0.15, 0.2) is 0 Å². The number of rotatable bonds is 2. The van der Waals surface area contributed by atoms with Crippen LogP contribution in [0, 0.1) is 0 Å². The molecule has 0 aliphatic carbocycles. The van der Waals surface area contributed by atoms with Crippen LogP contribution in [-0.2, 0) is 6.42 Å². The van der Waals surface area contributed by atoms with Crippen molar-refractivity contribution in [3.63, 3.8) is 0 Å². The second-order valence-electron chi connectivity index (χ2n) is 3.62. The Balaban J connectivity index is 2.35. The van der Waals surface area contributed by atoms with E-state index in [1.165, 1.54) is 12.1 Å². The van der Waals surface area contributed by atoms with Gasteiger partial charge in [0, 0.05) is 24.1 Å². The number of hydrogen-bond acceptors (Lipinski definition) is 3. The van der Waals surface area contributed by atoms with E-state index in [4.69, 9.17) is 5.11 Å². The summed E-state index contributed by atoms with van der Waals surface area (Å²) in [4.78, 5) is 0. The summed E-state index contributed by atoms with van der Waals surface area (Å²) in [6.07, 6.45) is 0.429. The quantitative estimate of drug-likeness (QED) is 0.722. The summed E-state index contributed by atoms with van der Waals surface area (Å²) in [6, 6.07) is 11.9. The molecule has 0 saturated heterocycles. The van der Waals surface area contributed by atoms with Gasteiger partial charge in [-0.1, -0.05) is 30.3 Å². The van der Waals surface area contributed by atoms with Crippen molar-refractivity contribution in [1.29, 1.82) is 0 Å². The highest BCUT2D eigenvalue weighted by Gasteiger charge is 2.09. The zero-order valence-electron chi connectivity index (χ0n) is 8.59. The van der Waals surface area contributed by atoms with E-state index in [0.29, 0.717) is 12.0 Å². The van der Waals surface area contributed by atoms with Crippen molar-refractivity contribution in [1.82, 2.24) is 0 Å². The maximum absolute atomic E-state index is 9.61. The second kappa shape index (κ2) is 4.14. The molecule has 0 unspecified atom stereocenters. The van der Waals surface area contributed by atoms with Crippen LogP contribution in [0.2, 0.25) is 0 Å². The summed E-state index contributed by atoms with van der Waals surface area (Å²) in [5.41, 5.74) is 1.41. The molecular formula is C13H12O3. The molecule has 0 fully saturated rings. The summed E-state index contributed by atoms with van der Waals surface area (Å²) in [6.45, 7) is 0. The van der Waals surface area contributed by atoms with Crippen LogP contribution in [0.25, 0.3) is 0 Å². The average Bonchev–Trinajstić information content (AvgIpc) is 2.25. The third-order valence-corrected chi connectivity index (χ3v) is 2.41. The molecule has 0 heterocycles. The van der Waals surface area contributed by atoms with Gasteiger partial charge in [-0.05, 0) is 5.56 Å². The molecule has 3 N–H and O–H groups in total. The van der Waals surface area contributed by atoms with E-state index in [-0.39, 0.29) is 17.2 Å². The predicted octanol–water partition coefficient (Wildman–Crippen LogP) is 2.39. The van der Waals surface area contributed by atoms with Gasteiger partial charge >= 0.3 is 0 Å². The fraction of sp³-hybridized carbons (Fsp3) is 0.0769. The van der Waals surface area contributed by atoms with Gasteiger partial charge in [-0.25, -0.2) is 0 Å². The van der Waals surface area contributed by atoms with Crippen molar-refractivity contribution in [3.8, 4) is 17.2 Å². The van der Waals surface area contributed by atoms with Crippen LogP contribution < -0.4 is 0 Å². The van der Waals surface area contributed by atoms with E-state index < -0.39 is 0 Å². The Morgan fingerprint density at radius 1 is 0.812 bits per heavy atom. The van der Waals surface area contributed by atoms with Crippen LogP contribution in [0.15, 0.2) is 42.5 Å². The van der Waals surface area contributed by atoms with Crippen LogP contribution in [0.5, 0.6) is 17.2 Å². The minimum absolute atomic E-state index is 0.0960. The molecule has 16 heavy (non-hydrogen) atoms. The van der Waals surface area contributed by atoms with Crippen molar-refractivity contribution < 1.29 is 15.3 Å². The molecule has 0 saturated carbocycles. The first kappa shape index (κ1) is 10.4. The molecule has 2 aromatic rings. The molecule has 3 nitrogen and oxygen atoms in total. The van der Waals surface area contributed by atoms with Crippen LogP contribution >= 0.6 is 0 Å². The van der Waals surface area contributed by atoms with Crippen molar-refractivity contribution in [2.75, 3.05) is 0 Å². The van der Waals surface area contributed by atoms with Gasteiger partial charge in [-0.15, -0.1) is 0 Å². The molecule has 3 heteroatoms. The lowest BCUT2D eigenvalue weighted by atomic mass is 10.0. The minimum Gasteiger partial charge on any atom is -0.508 e. The second-order valence-corrected chi connectivity index (χ2v) is 3.62. The van der Waals surface area contributed by atoms with Gasteiger partial charge in [-0.3, -0.25) is 0 Å². The molecule has 82 valence electrons. The van der Waals surface area contributed by atoms with Crippen molar-refractivity contribution in [2.45, 2.75) is 6.42 Å². The molecule has 0 aliphatic rings. The predicted molar refractivity (Wildman–Crippen MR) is 60.7 cm³/mol. The summed E-state index contributed by atoms with van der Waals surface area (Å²) in [7, 11) is 0. The van der Waals surface area contributed by atoms with Gasteiger partial charge in [-0.2, -0.15) is 0 Å². The van der Waals surface area contributed by atoms with Gasteiger partial charge in [0.2, 0.25) is 0 Å². The normalized spacial score (nSPS) is 10.2. The molecule has 0 aliphatic heterocycles. The SMILES string of the molecule is Oc1cc(O)c(Cc2ccccc2)c(O)c1. The lowest BCUT2D eigenvalue weighted by Crippen LogP contribution is -1.89. The number of hydrogen-bond donors (Lipinski definition) is 3. The monoisotopic (exact) mass is 216 g/mol. The fourth-order valence-electron chi connectivity index (χ4n) is 1.61. The van der Waals surface area contributed by atoms with E-state index >= 15 is 0 Å². The summed E-state index contributed by atoms with van der Waals surface area (Å²) in [5.74, 6) is -0.338. The van der Waals surface area contributed by atoms with E-state index in [1.54, 1.807) is 0 Å². The molecule has 0 aromatic heterocycles. The van der Waals surface area contributed by atoms with Crippen LogP contribution in [-0.4, -0.2) is 15.3 Å².